The molecule has 0 aromatic heterocycles. The summed E-state index contributed by atoms with van der Waals surface area (Å²) in [6.07, 6.45) is 46.4. The summed E-state index contributed by atoms with van der Waals surface area (Å²) in [6.45, 7) is 11.4. The minimum Gasteiger partial charge on any atom is -0.462 e. The van der Waals surface area contributed by atoms with E-state index in [0.29, 0.717) is 19.3 Å². The highest BCUT2D eigenvalue weighted by Gasteiger charge is 2.19. The first-order valence-electron chi connectivity index (χ1n) is 26.3. The molecule has 0 spiro atoms. The van der Waals surface area contributed by atoms with Gasteiger partial charge in [0.25, 0.3) is 0 Å². The lowest BCUT2D eigenvalue weighted by atomic mass is 9.99. The first kappa shape index (κ1) is 57.4. The third-order valence-corrected chi connectivity index (χ3v) is 12.7. The molecule has 0 fully saturated rings. The lowest BCUT2D eigenvalue weighted by Gasteiger charge is -2.18. The first-order chi connectivity index (χ1) is 28.8. The Hall–Kier alpha value is -1.59. The molecule has 0 saturated heterocycles. The zero-order valence-electron chi connectivity index (χ0n) is 40.4. The molecule has 3 atom stereocenters. The van der Waals surface area contributed by atoms with Crippen molar-refractivity contribution in [2.45, 2.75) is 298 Å². The standard InChI is InChI=1S/C53H102O6/c1-6-9-10-11-12-13-14-15-16-23-28-33-38-43-51(54)57-46-50(59-53(56)45-40-35-30-25-20-18-22-27-32-37-42-49(5)8-3)47-58-52(55)44-39-34-29-24-19-17-21-26-31-36-41-48(4)7-2/h48-50H,6-47H2,1-5H3/t48?,49?,50-/m1/s1. The smallest absolute Gasteiger partial charge is 0.306 e. The number of rotatable bonds is 47. The summed E-state index contributed by atoms with van der Waals surface area (Å²) in [6, 6.07) is 0. The maximum atomic E-state index is 12.8. The van der Waals surface area contributed by atoms with Crippen LogP contribution in [0, 0.1) is 11.8 Å². The molecule has 0 bridgehead atoms. The predicted molar refractivity (Wildman–Crippen MR) is 252 cm³/mol. The van der Waals surface area contributed by atoms with Crippen LogP contribution in [-0.2, 0) is 28.6 Å². The third-order valence-electron chi connectivity index (χ3n) is 12.7. The molecule has 6 nitrogen and oxygen atoms in total. The first-order valence-corrected chi connectivity index (χ1v) is 26.3. The third kappa shape index (κ3) is 44.3. The van der Waals surface area contributed by atoms with E-state index in [9.17, 15) is 14.4 Å². The normalized spacial score (nSPS) is 13.0. The summed E-state index contributed by atoms with van der Waals surface area (Å²) >= 11 is 0. The molecule has 0 radical (unpaired) electrons. The van der Waals surface area contributed by atoms with E-state index in [4.69, 9.17) is 14.2 Å². The van der Waals surface area contributed by atoms with Crippen molar-refractivity contribution >= 4 is 17.9 Å². The van der Waals surface area contributed by atoms with Crippen molar-refractivity contribution in [3.8, 4) is 0 Å². The highest BCUT2D eigenvalue weighted by atomic mass is 16.6. The van der Waals surface area contributed by atoms with Crippen LogP contribution >= 0.6 is 0 Å². The Bertz CT molecular complexity index is 904. The van der Waals surface area contributed by atoms with Gasteiger partial charge in [0.2, 0.25) is 0 Å². The van der Waals surface area contributed by atoms with Gasteiger partial charge in [-0.1, -0.05) is 253 Å². The Morgan fingerprint density at radius 1 is 0.339 bits per heavy atom. The van der Waals surface area contributed by atoms with Gasteiger partial charge in [-0.3, -0.25) is 14.4 Å². The van der Waals surface area contributed by atoms with Crippen LogP contribution in [0.4, 0.5) is 0 Å². The van der Waals surface area contributed by atoms with E-state index in [1.54, 1.807) is 0 Å². The fraction of sp³-hybridized carbons (Fsp3) is 0.943. The fourth-order valence-electron chi connectivity index (χ4n) is 7.93. The lowest BCUT2D eigenvalue weighted by molar-refractivity contribution is -0.167. The van der Waals surface area contributed by atoms with E-state index < -0.39 is 6.10 Å². The van der Waals surface area contributed by atoms with Gasteiger partial charge in [0, 0.05) is 19.3 Å². The Labute approximate surface area is 368 Å². The molecule has 0 saturated carbocycles. The van der Waals surface area contributed by atoms with Crippen LogP contribution in [0.5, 0.6) is 0 Å². The second kappa shape index (κ2) is 45.9. The van der Waals surface area contributed by atoms with E-state index in [2.05, 4.69) is 34.6 Å². The summed E-state index contributed by atoms with van der Waals surface area (Å²) in [5.74, 6) is 0.890. The molecule has 0 N–H and O–H groups in total. The van der Waals surface area contributed by atoms with Gasteiger partial charge < -0.3 is 14.2 Å². The average molecular weight is 835 g/mol. The number of carbonyl (C=O) groups excluding carboxylic acids is 3. The van der Waals surface area contributed by atoms with Crippen LogP contribution in [0.3, 0.4) is 0 Å². The molecular weight excluding hydrogens is 733 g/mol. The Balaban J connectivity index is 4.34. The van der Waals surface area contributed by atoms with E-state index in [1.807, 2.05) is 0 Å². The topological polar surface area (TPSA) is 78.9 Å². The Morgan fingerprint density at radius 2 is 0.593 bits per heavy atom. The van der Waals surface area contributed by atoms with Gasteiger partial charge in [0.15, 0.2) is 6.10 Å². The molecule has 0 aromatic carbocycles. The average Bonchev–Trinajstić information content (AvgIpc) is 3.23. The van der Waals surface area contributed by atoms with E-state index in [0.717, 1.165) is 69.6 Å². The van der Waals surface area contributed by atoms with Crippen molar-refractivity contribution in [2.75, 3.05) is 13.2 Å². The molecular formula is C53H102O6. The van der Waals surface area contributed by atoms with Crippen LogP contribution < -0.4 is 0 Å². The van der Waals surface area contributed by atoms with E-state index >= 15 is 0 Å². The Kier molecular flexibility index (Phi) is 44.7. The molecule has 0 rings (SSSR count). The van der Waals surface area contributed by atoms with Gasteiger partial charge >= 0.3 is 17.9 Å². The van der Waals surface area contributed by atoms with Crippen LogP contribution in [0.2, 0.25) is 0 Å². The number of unbranched alkanes of at least 4 members (excludes halogenated alkanes) is 30. The molecule has 6 heteroatoms. The molecule has 2 unspecified atom stereocenters. The van der Waals surface area contributed by atoms with Crippen molar-refractivity contribution in [1.82, 2.24) is 0 Å². The van der Waals surface area contributed by atoms with Gasteiger partial charge in [-0.05, 0) is 31.1 Å². The largest absolute Gasteiger partial charge is 0.462 e. The van der Waals surface area contributed by atoms with Gasteiger partial charge in [0.1, 0.15) is 13.2 Å². The van der Waals surface area contributed by atoms with Crippen molar-refractivity contribution < 1.29 is 28.6 Å². The zero-order valence-corrected chi connectivity index (χ0v) is 40.4. The van der Waals surface area contributed by atoms with Gasteiger partial charge in [-0.25, -0.2) is 0 Å². The second-order valence-corrected chi connectivity index (χ2v) is 18.6. The van der Waals surface area contributed by atoms with Gasteiger partial charge in [0.05, 0.1) is 0 Å². The number of esters is 3. The van der Waals surface area contributed by atoms with Gasteiger partial charge in [-0.15, -0.1) is 0 Å². The lowest BCUT2D eigenvalue weighted by Crippen LogP contribution is -2.30. The monoisotopic (exact) mass is 835 g/mol. The van der Waals surface area contributed by atoms with Gasteiger partial charge in [-0.2, -0.15) is 0 Å². The number of hydrogen-bond acceptors (Lipinski definition) is 6. The summed E-state index contributed by atoms with van der Waals surface area (Å²) in [7, 11) is 0. The zero-order chi connectivity index (χ0) is 43.3. The van der Waals surface area contributed by atoms with Crippen molar-refractivity contribution in [1.29, 1.82) is 0 Å². The molecule has 0 amide bonds. The second-order valence-electron chi connectivity index (χ2n) is 18.6. The number of carbonyl (C=O) groups is 3. The highest BCUT2D eigenvalue weighted by molar-refractivity contribution is 5.71. The Morgan fingerprint density at radius 3 is 0.881 bits per heavy atom. The summed E-state index contributed by atoms with van der Waals surface area (Å²) in [5, 5.41) is 0. The molecule has 350 valence electrons. The minimum absolute atomic E-state index is 0.0637. The van der Waals surface area contributed by atoms with Crippen LogP contribution in [0.15, 0.2) is 0 Å². The quantitative estimate of drug-likeness (QED) is 0.0345. The molecule has 0 heterocycles. The highest BCUT2D eigenvalue weighted by Crippen LogP contribution is 2.18. The fourth-order valence-corrected chi connectivity index (χ4v) is 7.93. The van der Waals surface area contributed by atoms with Crippen molar-refractivity contribution in [3.05, 3.63) is 0 Å². The maximum absolute atomic E-state index is 12.8. The van der Waals surface area contributed by atoms with Crippen molar-refractivity contribution in [3.63, 3.8) is 0 Å². The van der Waals surface area contributed by atoms with Crippen molar-refractivity contribution in [2.24, 2.45) is 11.8 Å². The summed E-state index contributed by atoms with van der Waals surface area (Å²) in [4.78, 5) is 38.0. The maximum Gasteiger partial charge on any atom is 0.306 e. The molecule has 0 aliphatic carbocycles. The van der Waals surface area contributed by atoms with Crippen LogP contribution in [0.25, 0.3) is 0 Å². The SMILES string of the molecule is CCCCCCCCCCCCCCCC(=O)OC[C@H](COC(=O)CCCCCCCCCCCCC(C)CC)OC(=O)CCCCCCCCCCCCC(C)CC. The van der Waals surface area contributed by atoms with Crippen LogP contribution in [-0.4, -0.2) is 37.2 Å². The summed E-state index contributed by atoms with van der Waals surface area (Å²) < 4.78 is 16.8. The number of hydrogen-bond donors (Lipinski definition) is 0. The molecule has 59 heavy (non-hydrogen) atoms. The minimum atomic E-state index is -0.762. The molecule has 0 aromatic rings. The number of ether oxygens (including phenoxy) is 3. The summed E-state index contributed by atoms with van der Waals surface area (Å²) in [5.41, 5.74) is 0. The van der Waals surface area contributed by atoms with Crippen LogP contribution in [0.1, 0.15) is 291 Å². The molecule has 0 aliphatic heterocycles. The molecule has 0 aliphatic rings. The van der Waals surface area contributed by atoms with E-state index in [-0.39, 0.29) is 31.1 Å². The van der Waals surface area contributed by atoms with E-state index in [1.165, 1.54) is 180 Å². The predicted octanol–water partition coefficient (Wildman–Crippen LogP) is 16.9.